The minimum absolute atomic E-state index is 0.292. The molecule has 6 unspecified atom stereocenters. The summed E-state index contributed by atoms with van der Waals surface area (Å²) in [5, 5.41) is 12.9. The lowest BCUT2D eigenvalue weighted by atomic mass is 9.97. The van der Waals surface area contributed by atoms with E-state index in [4.69, 9.17) is 19.7 Å². The van der Waals surface area contributed by atoms with E-state index >= 15 is 4.39 Å². The number of alkyl halides is 2. The van der Waals surface area contributed by atoms with Crippen LogP contribution in [0.4, 0.5) is 19.0 Å². The van der Waals surface area contributed by atoms with Crippen molar-refractivity contribution in [2.24, 2.45) is 0 Å². The number of hydrogen-bond acceptors (Lipinski definition) is 9. The smallest absolute Gasteiger partial charge is 0.351 e. The Kier molecular flexibility index (Phi) is 8.17. The number of anilines is 1. The molecule has 0 spiro atoms. The molecule has 6 atom stereocenters. The van der Waals surface area contributed by atoms with Gasteiger partial charge in [0.05, 0.1) is 27.9 Å². The van der Waals surface area contributed by atoms with E-state index in [2.05, 4.69) is 10.1 Å². The minimum Gasteiger partial charge on any atom is -0.462 e. The lowest BCUT2D eigenvalue weighted by molar-refractivity contribution is -0.148. The third kappa shape index (κ3) is 5.27. The van der Waals surface area contributed by atoms with E-state index in [0.717, 1.165) is 0 Å². The van der Waals surface area contributed by atoms with E-state index in [0.29, 0.717) is 10.8 Å². The number of nitrogens with zero attached hydrogens (tertiary/aromatic N) is 2. The third-order valence-corrected chi connectivity index (χ3v) is 5.11. The molecule has 1 aromatic heterocycles. The molecule has 1 aromatic rings. The van der Waals surface area contributed by atoms with Crippen LogP contribution in [0.3, 0.4) is 0 Å². The third-order valence-electron chi connectivity index (χ3n) is 4.25. The Hall–Kier alpha value is -1.79. The molecule has 170 valence electrons. The molecule has 0 aromatic carbocycles. The molecular formula is C16H24F3N4O6P. The van der Waals surface area contributed by atoms with E-state index < -0.39 is 75.7 Å². The summed E-state index contributed by atoms with van der Waals surface area (Å²) in [4.78, 5) is 26.8. The molecule has 0 saturated carbocycles. The van der Waals surface area contributed by atoms with Crippen molar-refractivity contribution in [1.29, 1.82) is 0 Å². The Morgan fingerprint density at radius 1 is 1.53 bits per heavy atom. The molecule has 0 bridgehead atoms. The van der Waals surface area contributed by atoms with Crippen molar-refractivity contribution in [2.75, 3.05) is 19.0 Å². The van der Waals surface area contributed by atoms with Crippen molar-refractivity contribution in [1.82, 2.24) is 14.6 Å². The number of hydrogen-bond donors (Lipinski definition) is 3. The maximum atomic E-state index is 15.1. The number of aromatic nitrogens is 2. The second kappa shape index (κ2) is 10.0. The van der Waals surface area contributed by atoms with Crippen LogP contribution in [-0.2, 0) is 18.8 Å². The van der Waals surface area contributed by atoms with Gasteiger partial charge in [0, 0.05) is 0 Å². The molecule has 1 fully saturated rings. The highest BCUT2D eigenvalue weighted by molar-refractivity contribution is 7.29. The van der Waals surface area contributed by atoms with E-state index in [9.17, 15) is 23.5 Å². The Labute approximate surface area is 171 Å². The molecule has 0 radical (unpaired) electrons. The van der Waals surface area contributed by atoms with Gasteiger partial charge in [0.25, 0.3) is 0 Å². The molecule has 1 aliphatic rings. The number of rotatable bonds is 9. The van der Waals surface area contributed by atoms with Gasteiger partial charge in [-0.15, -0.1) is 0 Å². The second-order valence-corrected chi connectivity index (χ2v) is 7.74. The average Bonchev–Trinajstić information content (AvgIpc) is 2.92. The van der Waals surface area contributed by atoms with Gasteiger partial charge in [0.1, 0.15) is 24.9 Å². The van der Waals surface area contributed by atoms with Gasteiger partial charge < -0.3 is 24.8 Å². The van der Waals surface area contributed by atoms with Crippen LogP contribution in [0.2, 0.25) is 0 Å². The summed E-state index contributed by atoms with van der Waals surface area (Å²) >= 11 is 0. The minimum atomic E-state index is -3.05. The first-order chi connectivity index (χ1) is 14.0. The molecule has 2 rings (SSSR count). The van der Waals surface area contributed by atoms with E-state index in [1.54, 1.807) is 20.8 Å². The predicted octanol–water partition coefficient (Wildman–Crippen LogP) is 0.355. The van der Waals surface area contributed by atoms with Gasteiger partial charge in [0.15, 0.2) is 17.9 Å². The van der Waals surface area contributed by atoms with Crippen LogP contribution in [0.5, 0.6) is 0 Å². The van der Waals surface area contributed by atoms with Crippen molar-refractivity contribution in [2.45, 2.75) is 57.0 Å². The lowest BCUT2D eigenvalue weighted by Gasteiger charge is -2.26. The van der Waals surface area contributed by atoms with Crippen molar-refractivity contribution >= 4 is 20.7 Å². The first kappa shape index (κ1) is 24.5. The van der Waals surface area contributed by atoms with Crippen LogP contribution in [0.1, 0.15) is 27.0 Å². The number of nitrogens with two attached hydrogens (primary N) is 1. The molecule has 0 amide bonds. The van der Waals surface area contributed by atoms with Gasteiger partial charge >= 0.3 is 11.7 Å². The summed E-state index contributed by atoms with van der Waals surface area (Å²) in [6.07, 6.45) is -5.15. The van der Waals surface area contributed by atoms with Crippen molar-refractivity contribution < 1.29 is 37.1 Å². The fraction of sp³-hybridized carbons (Fsp3) is 0.688. The first-order valence-corrected chi connectivity index (χ1v) is 9.87. The van der Waals surface area contributed by atoms with Gasteiger partial charge in [0.2, 0.25) is 5.67 Å². The number of nitrogen functional groups attached to an aromatic ring is 1. The summed E-state index contributed by atoms with van der Waals surface area (Å²) in [7, 11) is -0.462. The van der Waals surface area contributed by atoms with Crippen molar-refractivity contribution in [3.63, 3.8) is 0 Å². The van der Waals surface area contributed by atoms with Crippen molar-refractivity contribution in [3.05, 3.63) is 22.5 Å². The van der Waals surface area contributed by atoms with Gasteiger partial charge in [-0.25, -0.2) is 18.0 Å². The van der Waals surface area contributed by atoms with Crippen LogP contribution < -0.4 is 16.5 Å². The molecule has 30 heavy (non-hydrogen) atoms. The Morgan fingerprint density at radius 2 is 2.20 bits per heavy atom. The SMILES string of the molecule is CC(C)OC(=O)C(C)NPOCC1OC(n2cc(F)c(N)nc2=O)C(F)(CF)C1O. The molecule has 0 aliphatic carbocycles. The molecule has 1 aliphatic heterocycles. The zero-order valence-electron chi connectivity index (χ0n) is 16.5. The summed E-state index contributed by atoms with van der Waals surface area (Å²) in [5.74, 6) is -2.35. The number of ether oxygens (including phenoxy) is 2. The normalized spacial score (nSPS) is 27.8. The molecule has 2 heterocycles. The highest BCUT2D eigenvalue weighted by Crippen LogP contribution is 2.42. The van der Waals surface area contributed by atoms with E-state index in [-0.39, 0.29) is 6.10 Å². The quantitative estimate of drug-likeness (QED) is 0.273. The number of carbonyl (C=O) groups excluding carboxylic acids is 1. The highest BCUT2D eigenvalue weighted by atomic mass is 31.1. The Morgan fingerprint density at radius 3 is 2.80 bits per heavy atom. The summed E-state index contributed by atoms with van der Waals surface area (Å²) < 4.78 is 58.1. The molecule has 4 N–H and O–H groups in total. The van der Waals surface area contributed by atoms with Crippen LogP contribution in [0.15, 0.2) is 11.0 Å². The van der Waals surface area contributed by atoms with Crippen LogP contribution in [0, 0.1) is 5.82 Å². The Bertz CT molecular complexity index is 816. The summed E-state index contributed by atoms with van der Waals surface area (Å²) in [6.45, 7) is 2.82. The molecule has 10 nitrogen and oxygen atoms in total. The summed E-state index contributed by atoms with van der Waals surface area (Å²) in [6, 6.07) is -0.693. The van der Waals surface area contributed by atoms with Gasteiger partial charge in [-0.1, -0.05) is 0 Å². The molecule has 1 saturated heterocycles. The fourth-order valence-electron chi connectivity index (χ4n) is 2.65. The molecule has 14 heteroatoms. The average molecular weight is 456 g/mol. The zero-order chi connectivity index (χ0) is 22.6. The van der Waals surface area contributed by atoms with Gasteiger partial charge in [-0.2, -0.15) is 4.98 Å². The lowest BCUT2D eigenvalue weighted by Crippen LogP contribution is -2.47. The monoisotopic (exact) mass is 456 g/mol. The van der Waals surface area contributed by atoms with Crippen LogP contribution in [-0.4, -0.2) is 63.9 Å². The first-order valence-electron chi connectivity index (χ1n) is 8.96. The van der Waals surface area contributed by atoms with Crippen LogP contribution in [0.25, 0.3) is 0 Å². The number of halogens is 3. The second-order valence-electron chi connectivity index (χ2n) is 6.96. The largest absolute Gasteiger partial charge is 0.462 e. The fourth-order valence-corrected chi connectivity index (χ4v) is 3.28. The zero-order valence-corrected chi connectivity index (χ0v) is 17.5. The standard InChI is InChI=1S/C16H24F3N4O6P/c1-7(2)28-13(25)8(3)22-30-27-5-10-11(24)16(19,6-17)14(29-10)23-4-9(18)12(20)21-15(23)26/h4,7-8,10-11,14,22,24,30H,5-6H2,1-3H3,(H2,20,21,26). The van der Waals surface area contributed by atoms with E-state index in [1.165, 1.54) is 0 Å². The van der Waals surface area contributed by atoms with Gasteiger partial charge in [-0.3, -0.25) is 14.4 Å². The van der Waals surface area contributed by atoms with Crippen molar-refractivity contribution in [3.8, 4) is 0 Å². The number of carbonyl (C=O) groups is 1. The number of nitrogens with one attached hydrogen (secondary N) is 1. The van der Waals surface area contributed by atoms with Gasteiger partial charge in [-0.05, 0) is 20.8 Å². The summed E-state index contributed by atoms with van der Waals surface area (Å²) in [5.41, 5.74) is 0.954. The highest BCUT2D eigenvalue weighted by Gasteiger charge is 2.59. The topological polar surface area (TPSA) is 138 Å². The number of aliphatic hydroxyl groups excluding tert-OH is 1. The number of aliphatic hydroxyl groups is 1. The maximum absolute atomic E-state index is 15.1. The molecular weight excluding hydrogens is 432 g/mol. The van der Waals surface area contributed by atoms with Crippen LogP contribution >= 0.6 is 8.96 Å². The number of esters is 1. The van der Waals surface area contributed by atoms with E-state index in [1.807, 2.05) is 0 Å². The maximum Gasteiger partial charge on any atom is 0.351 e. The Balaban J connectivity index is 2.02. The predicted molar refractivity (Wildman–Crippen MR) is 101 cm³/mol.